The van der Waals surface area contributed by atoms with Crippen LogP contribution in [0.1, 0.15) is 118 Å². The van der Waals surface area contributed by atoms with E-state index in [1.807, 2.05) is 20.8 Å². The first-order valence-corrected chi connectivity index (χ1v) is 16.5. The summed E-state index contributed by atoms with van der Waals surface area (Å²) in [6.07, 6.45) is 22.3. The molecule has 0 N–H and O–H groups in total. The molecule has 0 aliphatic carbocycles. The molecule has 3 nitrogen and oxygen atoms in total. The lowest BCUT2D eigenvalue weighted by molar-refractivity contribution is -0.0000174. The smallest absolute Gasteiger partial charge is 0.553 e. The van der Waals surface area contributed by atoms with E-state index in [2.05, 4.69) is 13.2 Å². The summed E-state index contributed by atoms with van der Waals surface area (Å²) in [6, 6.07) is 0. The van der Waals surface area contributed by atoms with Gasteiger partial charge in [0.15, 0.2) is 5.38 Å². The van der Waals surface area contributed by atoms with Gasteiger partial charge in [-0.25, -0.2) is 0 Å². The van der Waals surface area contributed by atoms with Crippen molar-refractivity contribution in [1.29, 1.82) is 0 Å². The van der Waals surface area contributed by atoms with E-state index in [1.54, 1.807) is 0 Å². The van der Waals surface area contributed by atoms with Crippen LogP contribution in [0.5, 0.6) is 0 Å². The second kappa shape index (κ2) is 24.4. The van der Waals surface area contributed by atoms with Crippen LogP contribution in [0, 0.1) is 0 Å². The van der Waals surface area contributed by atoms with Crippen LogP contribution in [0.15, 0.2) is 0 Å². The Morgan fingerprint density at radius 1 is 0.533 bits per heavy atom. The topological polar surface area (TPSA) is 27.7 Å². The predicted molar refractivity (Wildman–Crippen MR) is 134 cm³/mol. The van der Waals surface area contributed by atoms with Crippen molar-refractivity contribution < 1.29 is 25.7 Å². The first kappa shape index (κ1) is 32.9. The molecule has 0 radical (unpaired) electrons. The van der Waals surface area contributed by atoms with Gasteiger partial charge in [0.1, 0.15) is 5.75 Å². The second-order valence-electron chi connectivity index (χ2n) is 8.21. The minimum atomic E-state index is -2.45. The Morgan fingerprint density at radius 3 is 1.20 bits per heavy atom. The van der Waals surface area contributed by atoms with Crippen LogP contribution < -0.4 is 12.4 Å². The van der Waals surface area contributed by atoms with Crippen LogP contribution in [-0.4, -0.2) is 46.0 Å². The van der Waals surface area contributed by atoms with Crippen molar-refractivity contribution in [3.8, 4) is 0 Å². The molecule has 0 aromatic heterocycles. The van der Waals surface area contributed by atoms with Crippen molar-refractivity contribution in [2.45, 2.75) is 118 Å². The highest BCUT2D eigenvalue weighted by atomic mass is 35.5. The van der Waals surface area contributed by atoms with Gasteiger partial charge in [-0.3, -0.25) is 0 Å². The fraction of sp³-hybridized carbons (Fsp3) is 1.00. The van der Waals surface area contributed by atoms with E-state index in [0.29, 0.717) is 30.7 Å². The third-order valence-corrected chi connectivity index (χ3v) is 11.9. The maximum atomic E-state index is 6.01. The van der Waals surface area contributed by atoms with Gasteiger partial charge in [-0.15, -0.1) is 0 Å². The van der Waals surface area contributed by atoms with Gasteiger partial charge in [0.25, 0.3) is 0 Å². The molecule has 0 aromatic rings. The Hall–Kier alpha value is 0.737. The van der Waals surface area contributed by atoms with Gasteiger partial charge in [0.2, 0.25) is 0 Å². The summed E-state index contributed by atoms with van der Waals surface area (Å²) in [5.41, 5.74) is 0. The van der Waals surface area contributed by atoms with E-state index in [0.717, 1.165) is 5.38 Å². The molecule has 6 heteroatoms. The molecule has 0 saturated carbocycles. The molecule has 0 heterocycles. The lowest BCUT2D eigenvalue weighted by Gasteiger charge is -2.26. The molecule has 1 unspecified atom stereocenters. The number of unbranched alkanes of at least 4 members (excludes halogenated alkanes) is 13. The molecule has 184 valence electrons. The minimum absolute atomic E-state index is 0. The SMILES string of the molecule is CCCCCCCCCCCCCCCC[S+](C)C[Si](OCC)(OCC)OCC.[Cl-]. The molecule has 0 bridgehead atoms. The van der Waals surface area contributed by atoms with Crippen molar-refractivity contribution in [2.24, 2.45) is 0 Å². The Labute approximate surface area is 199 Å². The molecule has 0 amide bonds. The third kappa shape index (κ3) is 19.4. The van der Waals surface area contributed by atoms with Crippen LogP contribution >= 0.6 is 0 Å². The van der Waals surface area contributed by atoms with Gasteiger partial charge < -0.3 is 25.7 Å². The molecular weight excluding hydrogens is 432 g/mol. The molecule has 0 fully saturated rings. The van der Waals surface area contributed by atoms with Gasteiger partial charge in [-0.1, -0.05) is 84.0 Å². The fourth-order valence-corrected chi connectivity index (χ4v) is 10.1. The monoisotopic (exact) mass is 484 g/mol. The zero-order chi connectivity index (χ0) is 21.6. The van der Waals surface area contributed by atoms with Crippen molar-refractivity contribution in [3.05, 3.63) is 0 Å². The lowest BCUT2D eigenvalue weighted by atomic mass is 10.0. The molecule has 1 atom stereocenters. The maximum absolute atomic E-state index is 6.01. The molecular formula is C24H53ClO3SSi. The van der Waals surface area contributed by atoms with Gasteiger partial charge in [0.05, 0.1) is 6.26 Å². The maximum Gasteiger partial charge on any atom is 0.553 e. The first-order chi connectivity index (χ1) is 14.1. The zero-order valence-corrected chi connectivity index (χ0v) is 23.5. The zero-order valence-electron chi connectivity index (χ0n) is 20.9. The van der Waals surface area contributed by atoms with E-state index in [1.165, 1.54) is 95.6 Å². The summed E-state index contributed by atoms with van der Waals surface area (Å²) in [5.74, 6) is 1.29. The normalized spacial score (nSPS) is 12.7. The van der Waals surface area contributed by atoms with E-state index in [9.17, 15) is 0 Å². The quantitative estimate of drug-likeness (QED) is 0.123. The van der Waals surface area contributed by atoms with E-state index >= 15 is 0 Å². The number of halogens is 1. The number of hydrogen-bond acceptors (Lipinski definition) is 3. The van der Waals surface area contributed by atoms with Crippen molar-refractivity contribution in [1.82, 2.24) is 0 Å². The average Bonchev–Trinajstić information content (AvgIpc) is 2.69. The van der Waals surface area contributed by atoms with Crippen molar-refractivity contribution in [2.75, 3.05) is 37.2 Å². The summed E-state index contributed by atoms with van der Waals surface area (Å²) in [7, 11) is -2.13. The number of rotatable bonds is 23. The summed E-state index contributed by atoms with van der Waals surface area (Å²) in [4.78, 5) is 0. The summed E-state index contributed by atoms with van der Waals surface area (Å²) >= 11 is 0. The van der Waals surface area contributed by atoms with Crippen LogP contribution in [0.4, 0.5) is 0 Å². The Kier molecular flexibility index (Phi) is 26.7. The second-order valence-corrected chi connectivity index (χ2v) is 13.6. The summed E-state index contributed by atoms with van der Waals surface area (Å²) < 4.78 is 18.0. The summed E-state index contributed by atoms with van der Waals surface area (Å²) in [5, 5.41) is 0.987. The van der Waals surface area contributed by atoms with Gasteiger partial charge in [-0.2, -0.15) is 0 Å². The van der Waals surface area contributed by atoms with Crippen LogP contribution in [0.3, 0.4) is 0 Å². The van der Waals surface area contributed by atoms with Gasteiger partial charge >= 0.3 is 8.80 Å². The Bertz CT molecular complexity index is 321. The molecule has 0 rings (SSSR count). The molecule has 0 aliphatic heterocycles. The largest absolute Gasteiger partial charge is 1.00 e. The summed E-state index contributed by atoms with van der Waals surface area (Å²) in [6.45, 7) is 10.5. The predicted octanol–water partition coefficient (Wildman–Crippen LogP) is 4.31. The van der Waals surface area contributed by atoms with E-state index in [-0.39, 0.29) is 12.4 Å². The van der Waals surface area contributed by atoms with Crippen LogP contribution in [-0.2, 0) is 24.2 Å². The molecule has 30 heavy (non-hydrogen) atoms. The molecule has 0 spiro atoms. The molecule has 0 saturated heterocycles. The average molecular weight is 485 g/mol. The minimum Gasteiger partial charge on any atom is -1.00 e. The highest BCUT2D eigenvalue weighted by molar-refractivity contribution is 7.97. The number of hydrogen-bond donors (Lipinski definition) is 0. The van der Waals surface area contributed by atoms with E-state index in [4.69, 9.17) is 13.3 Å². The first-order valence-electron chi connectivity index (χ1n) is 12.6. The molecule has 0 aliphatic rings. The Balaban J connectivity index is 0. The third-order valence-electron chi connectivity index (χ3n) is 5.36. The standard InChI is InChI=1S/C24H53O3SSi.ClH/c1-6-10-11-12-13-14-15-16-17-18-19-20-21-22-23-28(5)24-29(25-7-2,26-8-3)27-9-4;/h6-24H2,1-5H3;1H/q+1;/p-1. The van der Waals surface area contributed by atoms with Crippen LogP contribution in [0.2, 0.25) is 0 Å². The lowest BCUT2D eigenvalue weighted by Crippen LogP contribution is -3.00. The van der Waals surface area contributed by atoms with Crippen molar-refractivity contribution in [3.63, 3.8) is 0 Å². The van der Waals surface area contributed by atoms with Gasteiger partial charge in [-0.05, 0) is 44.5 Å². The van der Waals surface area contributed by atoms with E-state index < -0.39 is 8.80 Å². The molecule has 0 aromatic carbocycles. The fourth-order valence-electron chi connectivity index (χ4n) is 3.83. The Morgan fingerprint density at radius 2 is 0.867 bits per heavy atom. The van der Waals surface area contributed by atoms with Gasteiger partial charge in [0, 0.05) is 19.8 Å². The highest BCUT2D eigenvalue weighted by Gasteiger charge is 2.46. The van der Waals surface area contributed by atoms with Crippen LogP contribution in [0.25, 0.3) is 0 Å². The van der Waals surface area contributed by atoms with Crippen molar-refractivity contribution >= 4 is 19.7 Å². The highest BCUT2D eigenvalue weighted by Crippen LogP contribution is 2.16.